The number of aromatic nitrogens is 2. The Balaban J connectivity index is 1.86. The second kappa shape index (κ2) is 9.10. The van der Waals surface area contributed by atoms with Gasteiger partial charge in [-0.15, -0.1) is 0 Å². The summed E-state index contributed by atoms with van der Waals surface area (Å²) in [4.78, 5) is 16.3. The van der Waals surface area contributed by atoms with Crippen LogP contribution in [0.3, 0.4) is 0 Å². The number of para-hydroxylation sites is 1. The summed E-state index contributed by atoms with van der Waals surface area (Å²) in [6, 6.07) is 27.6. The third-order valence-electron chi connectivity index (χ3n) is 6.49. The van der Waals surface area contributed by atoms with Crippen LogP contribution in [0.5, 0.6) is 11.5 Å². The molecule has 0 aliphatic rings. The van der Waals surface area contributed by atoms with Gasteiger partial charge in [0, 0.05) is 22.5 Å². The van der Waals surface area contributed by atoms with E-state index in [1.54, 1.807) is 0 Å². The average Bonchev–Trinajstić information content (AvgIpc) is 3.34. The lowest BCUT2D eigenvalue weighted by Gasteiger charge is -2.16. The fourth-order valence-electron chi connectivity index (χ4n) is 4.96. The molecule has 0 unspecified atom stereocenters. The van der Waals surface area contributed by atoms with Crippen LogP contribution in [0.25, 0.3) is 49.7 Å². The molecule has 0 aliphatic heterocycles. The molecule has 0 amide bonds. The Bertz CT molecular complexity index is 2040. The number of nitrogens with zero attached hydrogens (tertiary/aromatic N) is 3. The number of hydrogen-bond donors (Lipinski definition) is 0. The molecule has 0 saturated heterocycles. The Kier molecular flexibility index (Phi) is 5.69. The van der Waals surface area contributed by atoms with Crippen molar-refractivity contribution in [3.05, 3.63) is 101 Å². The molecule has 194 valence electrons. The SMILES string of the molecule is COc1cc([N+](=O)[O-])cc(-c2nc3c4ccccc4c4ccccc4c3n2-c2ccccc2)c1OS(C)(=O)=O. The summed E-state index contributed by atoms with van der Waals surface area (Å²) in [5.41, 5.74) is 1.94. The van der Waals surface area contributed by atoms with Gasteiger partial charge in [0.05, 0.1) is 41.0 Å². The molecule has 0 bridgehead atoms. The van der Waals surface area contributed by atoms with Crippen molar-refractivity contribution < 1.29 is 22.3 Å². The van der Waals surface area contributed by atoms with Crippen LogP contribution in [0, 0.1) is 10.1 Å². The summed E-state index contributed by atoms with van der Waals surface area (Å²) < 4.78 is 37.2. The molecule has 0 fully saturated rings. The van der Waals surface area contributed by atoms with Crippen molar-refractivity contribution >= 4 is 48.4 Å². The van der Waals surface area contributed by atoms with E-state index in [2.05, 4.69) is 0 Å². The monoisotopic (exact) mass is 539 g/mol. The first-order chi connectivity index (χ1) is 18.8. The number of hydrogen-bond acceptors (Lipinski definition) is 7. The predicted molar refractivity (Wildman–Crippen MR) is 150 cm³/mol. The van der Waals surface area contributed by atoms with Gasteiger partial charge in [0.2, 0.25) is 0 Å². The number of rotatable bonds is 6. The highest BCUT2D eigenvalue weighted by atomic mass is 32.2. The maximum absolute atomic E-state index is 12.3. The maximum Gasteiger partial charge on any atom is 0.306 e. The second-order valence-corrected chi connectivity index (χ2v) is 10.5. The van der Waals surface area contributed by atoms with Gasteiger partial charge in [0.1, 0.15) is 5.82 Å². The Labute approximate surface area is 223 Å². The topological polar surface area (TPSA) is 114 Å². The highest BCUT2D eigenvalue weighted by molar-refractivity contribution is 7.86. The Morgan fingerprint density at radius 2 is 1.44 bits per heavy atom. The summed E-state index contributed by atoms with van der Waals surface area (Å²) >= 11 is 0. The fraction of sp³-hybridized carbons (Fsp3) is 0.0690. The van der Waals surface area contributed by atoms with E-state index in [9.17, 15) is 18.5 Å². The van der Waals surface area contributed by atoms with Gasteiger partial charge in [0.15, 0.2) is 11.5 Å². The first-order valence-electron chi connectivity index (χ1n) is 11.9. The highest BCUT2D eigenvalue weighted by Gasteiger charge is 2.28. The highest BCUT2D eigenvalue weighted by Crippen LogP contribution is 2.45. The largest absolute Gasteiger partial charge is 0.493 e. The molecule has 10 heteroatoms. The van der Waals surface area contributed by atoms with E-state index in [-0.39, 0.29) is 28.6 Å². The fourth-order valence-corrected chi connectivity index (χ4v) is 5.44. The van der Waals surface area contributed by atoms with Gasteiger partial charge < -0.3 is 8.92 Å². The van der Waals surface area contributed by atoms with E-state index in [0.717, 1.165) is 45.1 Å². The third-order valence-corrected chi connectivity index (χ3v) is 6.96. The van der Waals surface area contributed by atoms with Crippen molar-refractivity contribution in [2.45, 2.75) is 0 Å². The Morgan fingerprint density at radius 1 is 0.846 bits per heavy atom. The molecule has 1 heterocycles. The number of ether oxygens (including phenoxy) is 1. The molecule has 1 aromatic heterocycles. The van der Waals surface area contributed by atoms with Gasteiger partial charge in [-0.3, -0.25) is 14.7 Å². The Hall–Kier alpha value is -4.96. The third kappa shape index (κ3) is 4.11. The van der Waals surface area contributed by atoms with Crippen molar-refractivity contribution in [1.82, 2.24) is 9.55 Å². The normalized spacial score (nSPS) is 11.7. The predicted octanol–water partition coefficient (Wildman–Crippen LogP) is 6.25. The zero-order chi connectivity index (χ0) is 27.3. The molecule has 0 saturated carbocycles. The first-order valence-corrected chi connectivity index (χ1v) is 13.7. The molecule has 9 nitrogen and oxygen atoms in total. The van der Waals surface area contributed by atoms with E-state index in [1.165, 1.54) is 13.2 Å². The lowest BCUT2D eigenvalue weighted by Crippen LogP contribution is -2.09. The molecule has 0 atom stereocenters. The zero-order valence-corrected chi connectivity index (χ0v) is 21.7. The quantitative estimate of drug-likeness (QED) is 0.106. The van der Waals surface area contributed by atoms with Gasteiger partial charge in [-0.1, -0.05) is 66.7 Å². The minimum atomic E-state index is -4.04. The van der Waals surface area contributed by atoms with Crippen LogP contribution in [-0.2, 0) is 10.1 Å². The minimum absolute atomic E-state index is 0.0969. The van der Waals surface area contributed by atoms with Crippen molar-refractivity contribution in [3.8, 4) is 28.6 Å². The smallest absolute Gasteiger partial charge is 0.306 e. The molecule has 39 heavy (non-hydrogen) atoms. The molecule has 6 rings (SSSR count). The van der Waals surface area contributed by atoms with Crippen LogP contribution < -0.4 is 8.92 Å². The molecule has 0 N–H and O–H groups in total. The van der Waals surface area contributed by atoms with Crippen LogP contribution in [0.1, 0.15) is 0 Å². The van der Waals surface area contributed by atoms with E-state index < -0.39 is 15.0 Å². The van der Waals surface area contributed by atoms with Crippen molar-refractivity contribution in [2.24, 2.45) is 0 Å². The summed E-state index contributed by atoms with van der Waals surface area (Å²) in [5, 5.41) is 15.7. The number of nitro benzene ring substituents is 1. The van der Waals surface area contributed by atoms with E-state index in [4.69, 9.17) is 13.9 Å². The van der Waals surface area contributed by atoms with Crippen molar-refractivity contribution in [1.29, 1.82) is 0 Å². The standard InChI is InChI=1S/C29H21N3O6S/c1-37-25-17-19(32(33)34)16-24(28(25)38-39(2,35)36)29-30-26-22-14-8-6-12-20(22)21-13-7-9-15-23(21)27(26)31(29)18-10-4-3-5-11-18/h3-17H,1-2H3. The molecule has 6 aromatic rings. The van der Waals surface area contributed by atoms with Crippen molar-refractivity contribution in [2.75, 3.05) is 13.4 Å². The van der Waals surface area contributed by atoms with Gasteiger partial charge in [-0.05, 0) is 22.9 Å². The summed E-state index contributed by atoms with van der Waals surface area (Å²) in [6.45, 7) is 0. The van der Waals surface area contributed by atoms with Gasteiger partial charge in [-0.2, -0.15) is 8.42 Å². The lowest BCUT2D eigenvalue weighted by molar-refractivity contribution is -0.384. The average molecular weight is 540 g/mol. The van der Waals surface area contributed by atoms with Crippen LogP contribution in [0.15, 0.2) is 91.0 Å². The molecule has 0 aliphatic carbocycles. The molecule has 0 spiro atoms. The van der Waals surface area contributed by atoms with Gasteiger partial charge >= 0.3 is 10.1 Å². The van der Waals surface area contributed by atoms with Gasteiger partial charge in [-0.25, -0.2) is 4.98 Å². The molecule has 5 aromatic carbocycles. The Morgan fingerprint density at radius 3 is 2.05 bits per heavy atom. The van der Waals surface area contributed by atoms with E-state index >= 15 is 0 Å². The summed E-state index contributed by atoms with van der Waals surface area (Å²) in [7, 11) is -2.75. The number of fused-ring (bicyclic) bond motifs is 6. The molecule has 0 radical (unpaired) electrons. The summed E-state index contributed by atoms with van der Waals surface area (Å²) in [5.74, 6) is -0.0314. The second-order valence-electron chi connectivity index (χ2n) is 8.96. The van der Waals surface area contributed by atoms with Crippen LogP contribution >= 0.6 is 0 Å². The number of imidazole rings is 1. The van der Waals surface area contributed by atoms with Crippen LogP contribution in [-0.4, -0.2) is 36.3 Å². The molecular weight excluding hydrogens is 518 g/mol. The maximum atomic E-state index is 12.3. The summed E-state index contributed by atoms with van der Waals surface area (Å²) in [6.07, 6.45) is 0.902. The number of methoxy groups -OCH3 is 1. The number of benzene rings is 5. The van der Waals surface area contributed by atoms with E-state index in [0.29, 0.717) is 5.52 Å². The first kappa shape index (κ1) is 24.4. The number of nitro groups is 1. The molecular formula is C29H21N3O6S. The lowest BCUT2D eigenvalue weighted by atomic mass is 10.00. The van der Waals surface area contributed by atoms with Crippen LogP contribution in [0.4, 0.5) is 5.69 Å². The van der Waals surface area contributed by atoms with E-state index in [1.807, 2.05) is 83.4 Å². The van der Waals surface area contributed by atoms with Gasteiger partial charge in [0.25, 0.3) is 5.69 Å². The minimum Gasteiger partial charge on any atom is -0.493 e. The van der Waals surface area contributed by atoms with Crippen molar-refractivity contribution in [3.63, 3.8) is 0 Å². The number of non-ortho nitro benzene ring substituents is 1. The van der Waals surface area contributed by atoms with Crippen LogP contribution in [0.2, 0.25) is 0 Å². The zero-order valence-electron chi connectivity index (χ0n) is 20.9.